The molecule has 0 fully saturated rings. The summed E-state index contributed by atoms with van der Waals surface area (Å²) in [7, 11) is 6.71. The molecule has 6 radical (unpaired) electrons. The first-order chi connectivity index (χ1) is 4.76. The molecule has 0 bridgehead atoms. The van der Waals surface area contributed by atoms with Crippen molar-refractivity contribution in [2.75, 3.05) is 18.9 Å². The van der Waals surface area contributed by atoms with Crippen molar-refractivity contribution in [3.63, 3.8) is 0 Å². The molecule has 10 heavy (non-hydrogen) atoms. The second-order valence-electron chi connectivity index (χ2n) is 1.88. The van der Waals surface area contributed by atoms with E-state index in [1.165, 1.54) is 0 Å². The first-order valence-electron chi connectivity index (χ1n) is 3.31. The highest BCUT2D eigenvalue weighted by Gasteiger charge is 1.97. The van der Waals surface area contributed by atoms with Gasteiger partial charge in [-0.25, -0.2) is 0 Å². The van der Waals surface area contributed by atoms with Crippen molar-refractivity contribution >= 4 is 26.3 Å². The molecule has 0 aromatic carbocycles. The Balaban J connectivity index is 3.87. The SMILES string of the molecule is CCN(C[Si])/C(C)=N\C[Si]. The van der Waals surface area contributed by atoms with Gasteiger partial charge in [-0.3, -0.25) is 4.99 Å². The zero-order valence-corrected chi connectivity index (χ0v) is 8.52. The van der Waals surface area contributed by atoms with Crippen LogP contribution >= 0.6 is 0 Å². The maximum atomic E-state index is 4.19. The van der Waals surface area contributed by atoms with Crippen LogP contribution in [0.5, 0.6) is 0 Å². The highest BCUT2D eigenvalue weighted by Crippen LogP contribution is 1.88. The van der Waals surface area contributed by atoms with Gasteiger partial charge in [0.25, 0.3) is 0 Å². The van der Waals surface area contributed by atoms with E-state index in [2.05, 4.69) is 37.3 Å². The van der Waals surface area contributed by atoms with E-state index in [1.54, 1.807) is 0 Å². The molecule has 0 amide bonds. The van der Waals surface area contributed by atoms with Crippen molar-refractivity contribution in [2.24, 2.45) is 4.99 Å². The van der Waals surface area contributed by atoms with Crippen molar-refractivity contribution in [3.05, 3.63) is 0 Å². The number of nitrogens with zero attached hydrogens (tertiary/aromatic N) is 2. The number of aliphatic imine (C=N–C) groups is 1. The Hall–Kier alpha value is -0.0962. The van der Waals surface area contributed by atoms with E-state index in [-0.39, 0.29) is 0 Å². The number of amidine groups is 1. The van der Waals surface area contributed by atoms with E-state index < -0.39 is 0 Å². The summed E-state index contributed by atoms with van der Waals surface area (Å²) in [6.45, 7) is 5.10. The Kier molecular flexibility index (Phi) is 5.62. The van der Waals surface area contributed by atoms with E-state index in [9.17, 15) is 0 Å². The zero-order valence-electron chi connectivity index (χ0n) is 6.52. The largest absolute Gasteiger partial charge is 0.365 e. The van der Waals surface area contributed by atoms with Gasteiger partial charge in [0.1, 0.15) is 0 Å². The summed E-state index contributed by atoms with van der Waals surface area (Å²) in [5, 5.41) is 0. The Bertz CT molecular complexity index is 110. The molecule has 0 aliphatic carbocycles. The van der Waals surface area contributed by atoms with E-state index in [0.717, 1.165) is 18.5 Å². The van der Waals surface area contributed by atoms with Gasteiger partial charge in [-0.1, -0.05) is 0 Å². The van der Waals surface area contributed by atoms with Gasteiger partial charge in [0.05, 0.1) is 26.3 Å². The van der Waals surface area contributed by atoms with Crippen LogP contribution in [-0.4, -0.2) is 50.1 Å². The third-order valence-electron chi connectivity index (χ3n) is 1.34. The summed E-state index contributed by atoms with van der Waals surface area (Å²) in [5.74, 6) is 1.06. The Labute approximate surface area is 69.6 Å². The summed E-state index contributed by atoms with van der Waals surface area (Å²) in [4.78, 5) is 6.33. The molecule has 0 aliphatic rings. The summed E-state index contributed by atoms with van der Waals surface area (Å²) < 4.78 is 0. The molecule has 4 heteroatoms. The lowest BCUT2D eigenvalue weighted by molar-refractivity contribution is 0.507. The lowest BCUT2D eigenvalue weighted by Gasteiger charge is -2.19. The van der Waals surface area contributed by atoms with Gasteiger partial charge in [0.2, 0.25) is 0 Å². The maximum absolute atomic E-state index is 4.19. The molecule has 0 N–H and O–H groups in total. The van der Waals surface area contributed by atoms with Gasteiger partial charge < -0.3 is 4.90 Å². The van der Waals surface area contributed by atoms with Crippen molar-refractivity contribution in [1.82, 2.24) is 4.90 Å². The van der Waals surface area contributed by atoms with Crippen LogP contribution in [-0.2, 0) is 0 Å². The predicted molar refractivity (Wildman–Crippen MR) is 46.7 cm³/mol. The van der Waals surface area contributed by atoms with E-state index in [4.69, 9.17) is 0 Å². The maximum Gasteiger partial charge on any atom is 0.0950 e. The highest BCUT2D eigenvalue weighted by atomic mass is 28.1. The molecule has 0 aromatic rings. The lowest BCUT2D eigenvalue weighted by Crippen LogP contribution is -2.30. The summed E-state index contributed by atoms with van der Waals surface area (Å²) in [6.07, 6.45) is 1.52. The topological polar surface area (TPSA) is 15.6 Å². The van der Waals surface area contributed by atoms with Crippen LogP contribution in [0.1, 0.15) is 13.8 Å². The van der Waals surface area contributed by atoms with E-state index in [0.29, 0.717) is 6.17 Å². The molecule has 0 spiro atoms. The average molecular weight is 168 g/mol. The summed E-state index contributed by atoms with van der Waals surface area (Å²) >= 11 is 0. The minimum atomic E-state index is 0.675. The average Bonchev–Trinajstić information content (AvgIpc) is 1.91. The molecule has 0 atom stereocenters. The molecule has 0 heterocycles. The highest BCUT2D eigenvalue weighted by molar-refractivity contribution is 6.11. The minimum Gasteiger partial charge on any atom is -0.365 e. The molecule has 0 saturated heterocycles. The molecule has 2 nitrogen and oxygen atoms in total. The van der Waals surface area contributed by atoms with Crippen LogP contribution < -0.4 is 0 Å². The molecule has 54 valence electrons. The first-order valence-corrected chi connectivity index (χ1v) is 4.72. The van der Waals surface area contributed by atoms with Gasteiger partial charge in [0.15, 0.2) is 0 Å². The van der Waals surface area contributed by atoms with Crippen LogP contribution in [0.2, 0.25) is 0 Å². The van der Waals surface area contributed by atoms with Crippen molar-refractivity contribution in [3.8, 4) is 0 Å². The minimum absolute atomic E-state index is 0.675. The predicted octanol–water partition coefficient (Wildman–Crippen LogP) is -0.0213. The third kappa shape index (κ3) is 3.17. The number of hydrogen-bond donors (Lipinski definition) is 0. The Morgan fingerprint density at radius 2 is 2.10 bits per heavy atom. The quantitative estimate of drug-likeness (QED) is 0.328. The molecule has 0 unspecified atom stereocenters. The standard InChI is InChI=1S/C6H12N2Si2/c1-3-8(5-10)6(2)7-4-9/h3-5H2,1-2H3/b7-6-. The molecular weight excluding hydrogens is 156 g/mol. The normalized spacial score (nSPS) is 11.8. The van der Waals surface area contributed by atoms with Crippen molar-refractivity contribution < 1.29 is 0 Å². The van der Waals surface area contributed by atoms with Gasteiger partial charge in [-0.2, -0.15) is 0 Å². The molecular formula is C6H12N2Si2. The summed E-state index contributed by atoms with van der Waals surface area (Å²) in [6, 6.07) is 0. The van der Waals surface area contributed by atoms with Crippen LogP contribution in [0.4, 0.5) is 0 Å². The Morgan fingerprint density at radius 3 is 2.40 bits per heavy atom. The zero-order chi connectivity index (χ0) is 7.98. The molecule has 0 aliphatic heterocycles. The second-order valence-corrected chi connectivity index (χ2v) is 2.51. The first kappa shape index (κ1) is 9.90. The monoisotopic (exact) mass is 168 g/mol. The third-order valence-corrected chi connectivity index (χ3v) is 1.88. The Morgan fingerprint density at radius 1 is 1.50 bits per heavy atom. The fourth-order valence-electron chi connectivity index (χ4n) is 0.669. The van der Waals surface area contributed by atoms with Crippen LogP contribution in [0.3, 0.4) is 0 Å². The second kappa shape index (κ2) is 5.67. The van der Waals surface area contributed by atoms with Gasteiger partial charge in [-0.15, -0.1) is 0 Å². The molecule has 0 rings (SSSR count). The smallest absolute Gasteiger partial charge is 0.0950 e. The molecule has 0 aromatic heterocycles. The van der Waals surface area contributed by atoms with Crippen LogP contribution in [0.15, 0.2) is 4.99 Å². The van der Waals surface area contributed by atoms with E-state index >= 15 is 0 Å². The van der Waals surface area contributed by atoms with Crippen molar-refractivity contribution in [2.45, 2.75) is 13.8 Å². The molecule has 0 saturated carbocycles. The number of hydrogen-bond acceptors (Lipinski definition) is 1. The van der Waals surface area contributed by atoms with Crippen molar-refractivity contribution in [1.29, 1.82) is 0 Å². The van der Waals surface area contributed by atoms with Gasteiger partial charge in [-0.05, 0) is 13.8 Å². The fourth-order valence-corrected chi connectivity index (χ4v) is 1.35. The van der Waals surface area contributed by atoms with Gasteiger partial charge in [0, 0.05) is 18.9 Å². The summed E-state index contributed by atoms with van der Waals surface area (Å²) in [5.41, 5.74) is 0. The van der Waals surface area contributed by atoms with E-state index in [1.807, 2.05) is 6.92 Å². The lowest BCUT2D eigenvalue weighted by atomic mass is 10.5. The van der Waals surface area contributed by atoms with Crippen LogP contribution in [0, 0.1) is 0 Å². The number of rotatable bonds is 3. The van der Waals surface area contributed by atoms with Crippen LogP contribution in [0.25, 0.3) is 0 Å². The fraction of sp³-hybridized carbons (Fsp3) is 0.833. The van der Waals surface area contributed by atoms with Gasteiger partial charge >= 0.3 is 0 Å².